The van der Waals surface area contributed by atoms with Crippen LogP contribution in [0.25, 0.3) is 0 Å². The van der Waals surface area contributed by atoms with Gasteiger partial charge in [-0.1, -0.05) is 86.9 Å². The highest BCUT2D eigenvalue weighted by Gasteiger charge is 2.15. The Morgan fingerprint density at radius 1 is 1.03 bits per heavy atom. The Morgan fingerprint density at radius 2 is 1.62 bits per heavy atom. The van der Waals surface area contributed by atoms with Gasteiger partial charge in [-0.2, -0.15) is 0 Å². The Labute approximate surface area is 245 Å². The van der Waals surface area contributed by atoms with Crippen LogP contribution in [0.3, 0.4) is 0 Å². The number of halogens is 1. The summed E-state index contributed by atoms with van der Waals surface area (Å²) in [7, 11) is 0. The molecule has 0 aromatic heterocycles. The van der Waals surface area contributed by atoms with Crippen LogP contribution < -0.4 is 16.0 Å². The average molecular weight is 571 g/mol. The monoisotopic (exact) mass is 570 g/mol. The molecule has 2 rings (SSSR count). The predicted octanol–water partition coefficient (Wildman–Crippen LogP) is 6.60. The van der Waals surface area contributed by atoms with E-state index in [2.05, 4.69) is 76.2 Å². The van der Waals surface area contributed by atoms with Crippen molar-refractivity contribution in [2.24, 2.45) is 16.7 Å². The molecule has 1 fully saturated rings. The number of amides is 2. The Hall–Kier alpha value is -1.67. The molecule has 0 saturated carbocycles. The third-order valence-corrected chi connectivity index (χ3v) is 5.27. The van der Waals surface area contributed by atoms with Crippen LogP contribution in [0.15, 0.2) is 18.2 Å². The van der Waals surface area contributed by atoms with E-state index in [1.165, 1.54) is 6.42 Å². The maximum atomic E-state index is 10.6. The molecule has 1 aliphatic heterocycles. The van der Waals surface area contributed by atoms with Crippen molar-refractivity contribution in [3.8, 4) is 0 Å². The van der Waals surface area contributed by atoms with Gasteiger partial charge in [-0.3, -0.25) is 14.5 Å². The largest absolute Gasteiger partial charge is 0.379 e. The maximum Gasteiger partial charge on any atom is 0.211 e. The molecule has 0 bridgehead atoms. The molecule has 1 aliphatic rings. The smallest absolute Gasteiger partial charge is 0.211 e. The second-order valence-electron chi connectivity index (χ2n) is 12.4. The van der Waals surface area contributed by atoms with Gasteiger partial charge in [0.05, 0.1) is 13.2 Å². The van der Waals surface area contributed by atoms with Crippen molar-refractivity contribution < 1.29 is 14.3 Å². The lowest BCUT2D eigenvalue weighted by atomic mass is 9.85. The van der Waals surface area contributed by atoms with Gasteiger partial charge < -0.3 is 20.7 Å². The topological polar surface area (TPSA) is 82.7 Å². The van der Waals surface area contributed by atoms with Crippen LogP contribution in [0.5, 0.6) is 0 Å². The van der Waals surface area contributed by atoms with E-state index in [9.17, 15) is 9.59 Å². The standard InChI is InChI=1S/C16H25ClN2O.C8H16N2O2.C5H12.C2H6/c1-12(8-16(2,3)4)9-18-10-13-5-6-14(17)7-15(13)19-11-20;11-8-9-2-1-3-10-4-6-12-7-5-10;1-5(2,3)4;1-2/h5-7,11-12,18H,8-10H2,1-4H3,(H,19,20);8H,1-7H2,(H,9,11);1-4H3;1-2H3. The number of morpholine rings is 1. The summed E-state index contributed by atoms with van der Waals surface area (Å²) in [6.07, 6.45) is 3.63. The van der Waals surface area contributed by atoms with Crippen LogP contribution in [0, 0.1) is 16.7 Å². The van der Waals surface area contributed by atoms with Crippen molar-refractivity contribution in [2.75, 3.05) is 51.3 Å². The number of carbonyl (C=O) groups excluding carboxylic acids is 2. The fourth-order valence-electron chi connectivity index (χ4n) is 3.76. The Kier molecular flexibility index (Phi) is 23.4. The van der Waals surface area contributed by atoms with Crippen molar-refractivity contribution in [2.45, 2.75) is 88.6 Å². The van der Waals surface area contributed by atoms with E-state index in [0.717, 1.165) is 76.6 Å². The van der Waals surface area contributed by atoms with Gasteiger partial charge in [0.1, 0.15) is 0 Å². The SMILES string of the molecule is CC.CC(C)(C)C.CC(CNCc1ccc(Cl)cc1NC=O)CC(C)(C)C.O=CNCCCN1CCOCC1. The molecular formula is C31H59ClN4O3. The second-order valence-corrected chi connectivity index (χ2v) is 12.9. The number of hydrogen-bond donors (Lipinski definition) is 3. The van der Waals surface area contributed by atoms with Gasteiger partial charge in [0.15, 0.2) is 0 Å². The molecule has 0 radical (unpaired) electrons. The first-order valence-electron chi connectivity index (χ1n) is 14.4. The molecule has 39 heavy (non-hydrogen) atoms. The van der Waals surface area contributed by atoms with Crippen molar-refractivity contribution in [1.29, 1.82) is 0 Å². The zero-order valence-corrected chi connectivity index (χ0v) is 27.3. The average Bonchev–Trinajstić information content (AvgIpc) is 2.84. The molecule has 228 valence electrons. The molecule has 1 heterocycles. The van der Waals surface area contributed by atoms with Gasteiger partial charge in [0, 0.05) is 36.9 Å². The van der Waals surface area contributed by atoms with E-state index in [1.807, 2.05) is 26.0 Å². The Bertz CT molecular complexity index is 736. The van der Waals surface area contributed by atoms with E-state index in [4.69, 9.17) is 16.3 Å². The molecule has 1 aromatic rings. The minimum atomic E-state index is 0.353. The van der Waals surface area contributed by atoms with Crippen molar-refractivity contribution in [3.63, 3.8) is 0 Å². The lowest BCUT2D eigenvalue weighted by Gasteiger charge is -2.26. The normalized spacial score (nSPS) is 14.2. The van der Waals surface area contributed by atoms with Crippen LogP contribution in [0.2, 0.25) is 5.02 Å². The molecule has 1 atom stereocenters. The summed E-state index contributed by atoms with van der Waals surface area (Å²) in [4.78, 5) is 22.9. The molecule has 0 spiro atoms. The number of benzene rings is 1. The Morgan fingerprint density at radius 3 is 2.13 bits per heavy atom. The highest BCUT2D eigenvalue weighted by Crippen LogP contribution is 2.24. The number of nitrogens with one attached hydrogen (secondary N) is 3. The summed E-state index contributed by atoms with van der Waals surface area (Å²) in [5, 5.41) is 9.41. The number of carbonyl (C=O) groups is 2. The van der Waals surface area contributed by atoms with Crippen molar-refractivity contribution >= 4 is 30.1 Å². The molecule has 7 nitrogen and oxygen atoms in total. The van der Waals surface area contributed by atoms with E-state index in [1.54, 1.807) is 6.07 Å². The Balaban J connectivity index is 0. The van der Waals surface area contributed by atoms with Gasteiger partial charge >= 0.3 is 0 Å². The highest BCUT2D eigenvalue weighted by molar-refractivity contribution is 6.30. The molecule has 1 aromatic carbocycles. The summed E-state index contributed by atoms with van der Waals surface area (Å²) < 4.78 is 5.21. The number of ether oxygens (including phenoxy) is 1. The van der Waals surface area contributed by atoms with Crippen molar-refractivity contribution in [1.82, 2.24) is 15.5 Å². The van der Waals surface area contributed by atoms with E-state index in [0.29, 0.717) is 28.2 Å². The van der Waals surface area contributed by atoms with Gasteiger partial charge in [0.25, 0.3) is 0 Å². The van der Waals surface area contributed by atoms with Crippen molar-refractivity contribution in [3.05, 3.63) is 28.8 Å². The fraction of sp³-hybridized carbons (Fsp3) is 0.742. The summed E-state index contributed by atoms with van der Waals surface area (Å²) in [6.45, 7) is 29.1. The van der Waals surface area contributed by atoms with Gasteiger partial charge in [-0.05, 0) is 60.4 Å². The first kappa shape index (κ1) is 39.5. The summed E-state index contributed by atoms with van der Waals surface area (Å²) >= 11 is 5.93. The quantitative estimate of drug-likeness (QED) is 0.195. The lowest BCUT2D eigenvalue weighted by molar-refractivity contribution is -0.109. The minimum Gasteiger partial charge on any atom is -0.379 e. The summed E-state index contributed by atoms with van der Waals surface area (Å²) in [5.74, 6) is 0.616. The van der Waals surface area contributed by atoms with Gasteiger partial charge in [0.2, 0.25) is 12.8 Å². The van der Waals surface area contributed by atoms with E-state index >= 15 is 0 Å². The number of nitrogens with zero attached hydrogens (tertiary/aromatic N) is 1. The zero-order valence-electron chi connectivity index (χ0n) is 26.6. The minimum absolute atomic E-state index is 0.353. The first-order chi connectivity index (χ1) is 18.2. The number of hydrogen-bond acceptors (Lipinski definition) is 5. The molecule has 1 unspecified atom stereocenters. The third-order valence-electron chi connectivity index (χ3n) is 5.04. The first-order valence-corrected chi connectivity index (χ1v) is 14.8. The van der Waals surface area contributed by atoms with Crippen LogP contribution >= 0.6 is 11.6 Å². The zero-order chi connectivity index (χ0) is 30.3. The molecule has 8 heteroatoms. The molecular weight excluding hydrogens is 512 g/mol. The van der Waals surface area contributed by atoms with Gasteiger partial charge in [-0.15, -0.1) is 0 Å². The fourth-order valence-corrected chi connectivity index (χ4v) is 3.93. The van der Waals surface area contributed by atoms with Crippen LogP contribution in [0.4, 0.5) is 5.69 Å². The van der Waals surface area contributed by atoms with E-state index in [-0.39, 0.29) is 0 Å². The number of anilines is 1. The van der Waals surface area contributed by atoms with Crippen LogP contribution in [0.1, 0.15) is 87.6 Å². The molecule has 0 aliphatic carbocycles. The van der Waals surface area contributed by atoms with E-state index < -0.39 is 0 Å². The van der Waals surface area contributed by atoms with Crippen LogP contribution in [-0.2, 0) is 20.9 Å². The number of rotatable bonds is 12. The molecule has 3 N–H and O–H groups in total. The predicted molar refractivity (Wildman–Crippen MR) is 169 cm³/mol. The van der Waals surface area contributed by atoms with Crippen LogP contribution in [-0.4, -0.2) is 63.7 Å². The summed E-state index contributed by atoms with van der Waals surface area (Å²) in [6, 6.07) is 5.55. The molecule has 2 amide bonds. The summed E-state index contributed by atoms with van der Waals surface area (Å²) in [5.41, 5.74) is 2.67. The maximum absolute atomic E-state index is 10.6. The highest BCUT2D eigenvalue weighted by atomic mass is 35.5. The lowest BCUT2D eigenvalue weighted by Crippen LogP contribution is -2.37. The second kappa shape index (κ2) is 23.1. The van der Waals surface area contributed by atoms with Gasteiger partial charge in [-0.25, -0.2) is 0 Å². The third kappa shape index (κ3) is 27.7. The molecule has 1 saturated heterocycles.